The number of carbonyl (C=O) groups is 1. The van der Waals surface area contributed by atoms with E-state index in [9.17, 15) is 15.0 Å². The van der Waals surface area contributed by atoms with Gasteiger partial charge in [0.1, 0.15) is 5.75 Å². The Morgan fingerprint density at radius 2 is 1.80 bits per heavy atom. The van der Waals surface area contributed by atoms with Crippen LogP contribution in [-0.4, -0.2) is 28.3 Å². The molecule has 0 heterocycles. The fraction of sp³-hybridized carbons (Fsp3) is 0.350. The van der Waals surface area contributed by atoms with Crippen molar-refractivity contribution in [3.8, 4) is 5.75 Å². The maximum Gasteiger partial charge on any atom is 0.220 e. The van der Waals surface area contributed by atoms with Crippen molar-refractivity contribution in [2.45, 2.75) is 38.3 Å². The highest BCUT2D eigenvalue weighted by molar-refractivity contribution is 5.77. The van der Waals surface area contributed by atoms with Crippen LogP contribution in [0.5, 0.6) is 5.75 Å². The summed E-state index contributed by atoms with van der Waals surface area (Å²) in [5.41, 5.74) is 14.3. The number of carbonyl (C=O) groups excluding carboxylic acids is 1. The Hall–Kier alpha value is -2.37. The molecule has 1 amide bonds. The molecule has 0 saturated heterocycles. The summed E-state index contributed by atoms with van der Waals surface area (Å²) < 4.78 is 0. The molecule has 0 saturated carbocycles. The van der Waals surface area contributed by atoms with E-state index in [0.29, 0.717) is 12.0 Å². The van der Waals surface area contributed by atoms with Crippen LogP contribution in [0.2, 0.25) is 0 Å². The van der Waals surface area contributed by atoms with E-state index in [1.165, 1.54) is 0 Å². The number of amides is 1. The molecule has 5 heteroatoms. The third-order valence-electron chi connectivity index (χ3n) is 4.44. The molecule has 3 atom stereocenters. The van der Waals surface area contributed by atoms with E-state index >= 15 is 0 Å². The van der Waals surface area contributed by atoms with Gasteiger partial charge in [-0.2, -0.15) is 0 Å². The zero-order valence-electron chi connectivity index (χ0n) is 14.4. The second-order valence-corrected chi connectivity index (χ2v) is 6.59. The van der Waals surface area contributed by atoms with Crippen molar-refractivity contribution in [2.75, 3.05) is 0 Å². The molecule has 0 bridgehead atoms. The van der Waals surface area contributed by atoms with E-state index < -0.39 is 24.0 Å². The fourth-order valence-electron chi connectivity index (χ4n) is 2.93. The molecule has 5 nitrogen and oxygen atoms in total. The average molecular weight is 342 g/mol. The normalized spacial score (nSPS) is 14.7. The summed E-state index contributed by atoms with van der Waals surface area (Å²) in [5.74, 6) is -0.976. The summed E-state index contributed by atoms with van der Waals surface area (Å²) in [5, 5.41) is 20.4. The predicted molar refractivity (Wildman–Crippen MR) is 98.0 cm³/mol. The standard InChI is InChI=1S/C20H26N2O3/c1-13-7-8-18(23)15(9-13)11-16(20(22)25)12-19(24)17(21)10-14-5-3-2-4-6-14/h2-9,16-17,19,23-24H,10-12,21H2,1H3,(H2,22,25). The molecule has 0 aliphatic heterocycles. The summed E-state index contributed by atoms with van der Waals surface area (Å²) in [6.45, 7) is 1.91. The Morgan fingerprint density at radius 1 is 1.12 bits per heavy atom. The largest absolute Gasteiger partial charge is 0.508 e. The van der Waals surface area contributed by atoms with Gasteiger partial charge in [-0.3, -0.25) is 4.79 Å². The molecule has 0 aliphatic carbocycles. The first-order valence-corrected chi connectivity index (χ1v) is 8.42. The molecule has 0 radical (unpaired) electrons. The Bertz CT molecular complexity index is 703. The Balaban J connectivity index is 2.02. The predicted octanol–water partition coefficient (Wildman–Crippen LogP) is 1.67. The topological polar surface area (TPSA) is 110 Å². The van der Waals surface area contributed by atoms with Crippen LogP contribution in [0.1, 0.15) is 23.1 Å². The van der Waals surface area contributed by atoms with E-state index in [4.69, 9.17) is 11.5 Å². The molecule has 134 valence electrons. The highest BCUT2D eigenvalue weighted by Gasteiger charge is 2.25. The van der Waals surface area contributed by atoms with Crippen LogP contribution in [0.4, 0.5) is 0 Å². The lowest BCUT2D eigenvalue weighted by molar-refractivity contribution is -0.122. The van der Waals surface area contributed by atoms with E-state index in [1.54, 1.807) is 12.1 Å². The van der Waals surface area contributed by atoms with Crippen LogP contribution < -0.4 is 11.5 Å². The summed E-state index contributed by atoms with van der Waals surface area (Å²) >= 11 is 0. The van der Waals surface area contributed by atoms with E-state index in [0.717, 1.165) is 11.1 Å². The first-order valence-electron chi connectivity index (χ1n) is 8.42. The van der Waals surface area contributed by atoms with Crippen molar-refractivity contribution in [2.24, 2.45) is 17.4 Å². The van der Waals surface area contributed by atoms with Gasteiger partial charge < -0.3 is 21.7 Å². The zero-order chi connectivity index (χ0) is 18.4. The number of rotatable bonds is 8. The van der Waals surface area contributed by atoms with Gasteiger partial charge in [-0.15, -0.1) is 0 Å². The van der Waals surface area contributed by atoms with Gasteiger partial charge in [-0.05, 0) is 43.4 Å². The molecular weight excluding hydrogens is 316 g/mol. The molecule has 25 heavy (non-hydrogen) atoms. The lowest BCUT2D eigenvalue weighted by atomic mass is 9.88. The molecule has 0 fully saturated rings. The highest BCUT2D eigenvalue weighted by atomic mass is 16.3. The molecule has 2 rings (SSSR count). The van der Waals surface area contributed by atoms with Gasteiger partial charge in [0.05, 0.1) is 6.10 Å². The molecule has 0 aliphatic rings. The molecule has 0 aromatic heterocycles. The van der Waals surface area contributed by atoms with Crippen LogP contribution in [0.3, 0.4) is 0 Å². The third-order valence-corrected chi connectivity index (χ3v) is 4.44. The van der Waals surface area contributed by atoms with Gasteiger partial charge >= 0.3 is 0 Å². The highest BCUT2D eigenvalue weighted by Crippen LogP contribution is 2.24. The molecule has 6 N–H and O–H groups in total. The first kappa shape index (κ1) is 19.0. The number of aliphatic hydroxyl groups is 1. The minimum absolute atomic E-state index is 0.125. The maximum atomic E-state index is 11.8. The van der Waals surface area contributed by atoms with Crippen LogP contribution in [0.25, 0.3) is 0 Å². The Labute approximate surface area is 148 Å². The van der Waals surface area contributed by atoms with Gasteiger partial charge in [0.15, 0.2) is 0 Å². The van der Waals surface area contributed by atoms with E-state index in [1.807, 2.05) is 43.3 Å². The number of nitrogens with two attached hydrogens (primary N) is 2. The van der Waals surface area contributed by atoms with E-state index in [-0.39, 0.29) is 18.6 Å². The van der Waals surface area contributed by atoms with Crippen molar-refractivity contribution in [3.63, 3.8) is 0 Å². The van der Waals surface area contributed by atoms with E-state index in [2.05, 4.69) is 0 Å². The average Bonchev–Trinajstić information content (AvgIpc) is 2.58. The van der Waals surface area contributed by atoms with Crippen molar-refractivity contribution in [3.05, 3.63) is 65.2 Å². The number of aromatic hydroxyl groups is 1. The monoisotopic (exact) mass is 342 g/mol. The number of hydrogen-bond acceptors (Lipinski definition) is 4. The third kappa shape index (κ3) is 5.59. The van der Waals surface area contributed by atoms with Gasteiger partial charge in [-0.25, -0.2) is 0 Å². The summed E-state index contributed by atoms with van der Waals surface area (Å²) in [6.07, 6.45) is 0.0994. The smallest absolute Gasteiger partial charge is 0.220 e. The van der Waals surface area contributed by atoms with Crippen LogP contribution in [0.15, 0.2) is 48.5 Å². The minimum atomic E-state index is -0.857. The number of phenols is 1. The van der Waals surface area contributed by atoms with Gasteiger partial charge in [0, 0.05) is 12.0 Å². The Morgan fingerprint density at radius 3 is 2.44 bits per heavy atom. The van der Waals surface area contributed by atoms with Crippen LogP contribution in [-0.2, 0) is 17.6 Å². The zero-order valence-corrected chi connectivity index (χ0v) is 14.4. The molecule has 0 spiro atoms. The van der Waals surface area contributed by atoms with Crippen LogP contribution >= 0.6 is 0 Å². The summed E-state index contributed by atoms with van der Waals surface area (Å²) in [6, 6.07) is 14.4. The summed E-state index contributed by atoms with van der Waals surface area (Å²) in [7, 11) is 0. The fourth-order valence-corrected chi connectivity index (χ4v) is 2.93. The van der Waals surface area contributed by atoms with Gasteiger partial charge in [-0.1, -0.05) is 48.0 Å². The molecule has 3 unspecified atom stereocenters. The second kappa shape index (κ2) is 8.65. The molecule has 2 aromatic rings. The molecular formula is C20H26N2O3. The van der Waals surface area contributed by atoms with Crippen LogP contribution in [0, 0.1) is 12.8 Å². The number of primary amides is 1. The van der Waals surface area contributed by atoms with Crippen molar-refractivity contribution >= 4 is 5.91 Å². The van der Waals surface area contributed by atoms with Crippen molar-refractivity contribution in [1.29, 1.82) is 0 Å². The second-order valence-electron chi connectivity index (χ2n) is 6.59. The summed E-state index contributed by atoms with van der Waals surface area (Å²) in [4.78, 5) is 11.8. The van der Waals surface area contributed by atoms with Crippen molar-refractivity contribution in [1.82, 2.24) is 0 Å². The lowest BCUT2D eigenvalue weighted by Gasteiger charge is -2.23. The van der Waals surface area contributed by atoms with Gasteiger partial charge in [0.2, 0.25) is 5.91 Å². The number of benzene rings is 2. The van der Waals surface area contributed by atoms with Crippen molar-refractivity contribution < 1.29 is 15.0 Å². The number of hydrogen-bond donors (Lipinski definition) is 4. The van der Waals surface area contributed by atoms with Gasteiger partial charge in [0.25, 0.3) is 0 Å². The number of phenolic OH excluding ortho intramolecular Hbond substituents is 1. The SMILES string of the molecule is Cc1ccc(O)c(CC(CC(O)C(N)Cc2ccccc2)C(N)=O)c1. The Kier molecular flexibility index (Phi) is 6.56. The maximum absolute atomic E-state index is 11.8. The first-order chi connectivity index (χ1) is 11.9. The number of aryl methyl sites for hydroxylation is 1. The number of aliphatic hydroxyl groups excluding tert-OH is 1. The molecule has 2 aromatic carbocycles. The minimum Gasteiger partial charge on any atom is -0.508 e. The quantitative estimate of drug-likeness (QED) is 0.585. The lowest BCUT2D eigenvalue weighted by Crippen LogP contribution is -2.40.